The van der Waals surface area contributed by atoms with Crippen molar-refractivity contribution < 1.29 is 9.90 Å². The number of likely N-dealkylation sites (tertiary alicyclic amines) is 1. The number of aliphatic hydroxyl groups is 1. The number of amides is 1. The maximum atomic E-state index is 13.5. The van der Waals surface area contributed by atoms with Crippen molar-refractivity contribution >= 4 is 5.91 Å². The zero-order chi connectivity index (χ0) is 18.5. The Labute approximate surface area is 162 Å². The van der Waals surface area contributed by atoms with E-state index >= 15 is 0 Å². The summed E-state index contributed by atoms with van der Waals surface area (Å²) in [6.45, 7) is 5.42. The summed E-state index contributed by atoms with van der Waals surface area (Å²) in [5.74, 6) is 1.62. The summed E-state index contributed by atoms with van der Waals surface area (Å²) in [6.07, 6.45) is 5.58. The number of nitrogens with zero attached hydrogens (tertiary/aromatic N) is 2. The van der Waals surface area contributed by atoms with Crippen LogP contribution in [0.5, 0.6) is 0 Å². The van der Waals surface area contributed by atoms with E-state index < -0.39 is 0 Å². The van der Waals surface area contributed by atoms with E-state index in [0.29, 0.717) is 29.8 Å². The van der Waals surface area contributed by atoms with Crippen LogP contribution in [0.3, 0.4) is 0 Å². The van der Waals surface area contributed by atoms with Crippen LogP contribution in [0.1, 0.15) is 55.6 Å². The molecule has 1 aromatic rings. The van der Waals surface area contributed by atoms with Gasteiger partial charge in [0.25, 0.3) is 0 Å². The molecule has 5 fully saturated rings. The van der Waals surface area contributed by atoms with E-state index in [1.165, 1.54) is 37.1 Å². The first-order valence-corrected chi connectivity index (χ1v) is 10.9. The quantitative estimate of drug-likeness (QED) is 0.873. The van der Waals surface area contributed by atoms with Gasteiger partial charge < -0.3 is 10.0 Å². The van der Waals surface area contributed by atoms with Crippen LogP contribution in [0.25, 0.3) is 0 Å². The van der Waals surface area contributed by atoms with Crippen LogP contribution < -0.4 is 0 Å². The number of hydrogen-bond acceptors (Lipinski definition) is 3. The molecule has 146 valence electrons. The molecule has 5 aliphatic rings. The molecule has 1 aromatic carbocycles. The molecule has 2 bridgehead atoms. The fraction of sp³-hybridized carbons (Fsp3) is 0.696. The molecule has 1 N–H and O–H groups in total. The van der Waals surface area contributed by atoms with Crippen molar-refractivity contribution in [2.24, 2.45) is 11.8 Å². The maximum Gasteiger partial charge on any atom is 0.226 e. The second kappa shape index (κ2) is 6.89. The first-order valence-electron chi connectivity index (χ1n) is 10.9. The fourth-order valence-corrected chi connectivity index (χ4v) is 6.34. The number of piperidine rings is 3. The Kier molecular flexibility index (Phi) is 4.52. The molecule has 4 nitrogen and oxygen atoms in total. The van der Waals surface area contributed by atoms with Gasteiger partial charge in [0.1, 0.15) is 0 Å². The van der Waals surface area contributed by atoms with Gasteiger partial charge >= 0.3 is 0 Å². The van der Waals surface area contributed by atoms with E-state index in [9.17, 15) is 9.90 Å². The SMILES string of the molecule is Cc1ccc([C@@H]2CN(C(=O)C3CCC(O)CC3)[C@H]3C4CCN(CC4)[C@@H]23)cc1. The molecule has 27 heavy (non-hydrogen) atoms. The lowest BCUT2D eigenvalue weighted by Gasteiger charge is -2.51. The molecule has 1 amide bonds. The van der Waals surface area contributed by atoms with E-state index in [0.717, 1.165) is 32.2 Å². The van der Waals surface area contributed by atoms with E-state index in [1.54, 1.807) is 0 Å². The number of fused-ring (bicyclic) bond motifs is 2. The Morgan fingerprint density at radius 3 is 2.30 bits per heavy atom. The summed E-state index contributed by atoms with van der Waals surface area (Å²) in [5.41, 5.74) is 2.70. The smallest absolute Gasteiger partial charge is 0.226 e. The van der Waals surface area contributed by atoms with Crippen molar-refractivity contribution in [3.8, 4) is 0 Å². The van der Waals surface area contributed by atoms with Crippen molar-refractivity contribution in [3.05, 3.63) is 35.4 Å². The molecule has 4 heterocycles. The molecule has 1 saturated carbocycles. The van der Waals surface area contributed by atoms with Gasteiger partial charge in [0.05, 0.1) is 12.1 Å². The first-order chi connectivity index (χ1) is 13.1. The third kappa shape index (κ3) is 3.01. The molecule has 4 saturated heterocycles. The number of rotatable bonds is 2. The van der Waals surface area contributed by atoms with E-state index in [1.807, 2.05) is 0 Å². The number of aliphatic hydroxyl groups excluding tert-OH is 1. The van der Waals surface area contributed by atoms with Crippen molar-refractivity contribution in [2.45, 2.75) is 69.6 Å². The monoisotopic (exact) mass is 368 g/mol. The minimum Gasteiger partial charge on any atom is -0.393 e. The maximum absolute atomic E-state index is 13.5. The number of carbonyl (C=O) groups is 1. The minimum atomic E-state index is -0.197. The van der Waals surface area contributed by atoms with Crippen LogP contribution >= 0.6 is 0 Å². The largest absolute Gasteiger partial charge is 0.393 e. The lowest BCUT2D eigenvalue weighted by atomic mass is 9.75. The molecule has 4 heteroatoms. The fourth-order valence-electron chi connectivity index (χ4n) is 6.34. The van der Waals surface area contributed by atoms with Gasteiger partial charge in [-0.15, -0.1) is 0 Å². The van der Waals surface area contributed by atoms with Gasteiger partial charge in [-0.3, -0.25) is 9.69 Å². The predicted octanol–water partition coefficient (Wildman–Crippen LogP) is 2.93. The van der Waals surface area contributed by atoms with Crippen LogP contribution in [0.15, 0.2) is 24.3 Å². The lowest BCUT2D eigenvalue weighted by molar-refractivity contribution is -0.142. The Morgan fingerprint density at radius 1 is 0.963 bits per heavy atom. The minimum absolute atomic E-state index is 0.126. The summed E-state index contributed by atoms with van der Waals surface area (Å²) in [5, 5.41) is 9.83. The standard InChI is InChI=1S/C23H32N2O2/c1-15-2-4-16(5-3-15)20-14-25(23(27)18-6-8-19(26)9-7-18)21-17-10-12-24(13-11-17)22(20)21/h2-5,17-22,26H,6-14H2,1H3/t18?,19?,20-,21-,22-/m0/s1. The highest BCUT2D eigenvalue weighted by atomic mass is 16.3. The van der Waals surface area contributed by atoms with Gasteiger partial charge in [0.15, 0.2) is 0 Å². The highest BCUT2D eigenvalue weighted by Gasteiger charge is 2.55. The molecular formula is C23H32N2O2. The second-order valence-corrected chi connectivity index (χ2v) is 9.37. The lowest BCUT2D eigenvalue weighted by Crippen LogP contribution is -2.61. The number of hydrogen-bond donors (Lipinski definition) is 1. The second-order valence-electron chi connectivity index (χ2n) is 9.37. The van der Waals surface area contributed by atoms with Gasteiger partial charge in [-0.1, -0.05) is 29.8 Å². The first kappa shape index (κ1) is 17.7. The Hall–Kier alpha value is -1.39. The van der Waals surface area contributed by atoms with Gasteiger partial charge in [-0.05, 0) is 70.0 Å². The molecule has 0 unspecified atom stereocenters. The highest BCUT2D eigenvalue weighted by Crippen LogP contribution is 2.47. The van der Waals surface area contributed by atoms with Crippen LogP contribution in [0.4, 0.5) is 0 Å². The Balaban J connectivity index is 1.43. The van der Waals surface area contributed by atoms with Crippen LogP contribution in [0, 0.1) is 18.8 Å². The van der Waals surface area contributed by atoms with Crippen molar-refractivity contribution in [3.63, 3.8) is 0 Å². The van der Waals surface area contributed by atoms with E-state index in [-0.39, 0.29) is 12.0 Å². The van der Waals surface area contributed by atoms with Gasteiger partial charge in [-0.25, -0.2) is 0 Å². The zero-order valence-corrected chi connectivity index (χ0v) is 16.4. The van der Waals surface area contributed by atoms with Crippen molar-refractivity contribution in [2.75, 3.05) is 19.6 Å². The Bertz CT molecular complexity index is 687. The third-order valence-electron chi connectivity index (χ3n) is 7.83. The molecule has 3 atom stereocenters. The third-order valence-corrected chi connectivity index (χ3v) is 7.83. The Morgan fingerprint density at radius 2 is 1.63 bits per heavy atom. The highest BCUT2D eigenvalue weighted by molar-refractivity contribution is 5.80. The molecule has 0 spiro atoms. The van der Waals surface area contributed by atoms with Crippen LogP contribution in [-0.2, 0) is 4.79 Å². The van der Waals surface area contributed by atoms with Gasteiger partial charge in [0.2, 0.25) is 5.91 Å². The summed E-state index contributed by atoms with van der Waals surface area (Å²) < 4.78 is 0. The van der Waals surface area contributed by atoms with Gasteiger partial charge in [-0.2, -0.15) is 0 Å². The molecule has 0 aromatic heterocycles. The van der Waals surface area contributed by atoms with E-state index in [4.69, 9.17) is 0 Å². The molecular weight excluding hydrogens is 336 g/mol. The van der Waals surface area contributed by atoms with Crippen LogP contribution in [-0.4, -0.2) is 58.6 Å². The summed E-state index contributed by atoms with van der Waals surface area (Å²) in [4.78, 5) is 18.5. The summed E-state index contributed by atoms with van der Waals surface area (Å²) >= 11 is 0. The van der Waals surface area contributed by atoms with Gasteiger partial charge in [0, 0.05) is 24.4 Å². The van der Waals surface area contributed by atoms with Crippen molar-refractivity contribution in [1.82, 2.24) is 9.80 Å². The molecule has 4 aliphatic heterocycles. The normalized spacial score (nSPS) is 40.8. The average molecular weight is 369 g/mol. The number of benzene rings is 1. The number of carbonyl (C=O) groups excluding carboxylic acids is 1. The molecule has 1 aliphatic carbocycles. The topological polar surface area (TPSA) is 43.8 Å². The number of aryl methyl sites for hydroxylation is 1. The van der Waals surface area contributed by atoms with Crippen molar-refractivity contribution in [1.29, 1.82) is 0 Å². The summed E-state index contributed by atoms with van der Waals surface area (Å²) in [7, 11) is 0. The zero-order valence-electron chi connectivity index (χ0n) is 16.4. The van der Waals surface area contributed by atoms with Crippen LogP contribution in [0.2, 0.25) is 0 Å². The predicted molar refractivity (Wildman–Crippen MR) is 105 cm³/mol. The average Bonchev–Trinajstić information content (AvgIpc) is 3.12. The summed E-state index contributed by atoms with van der Waals surface area (Å²) in [6, 6.07) is 9.90. The molecule has 0 radical (unpaired) electrons. The van der Waals surface area contributed by atoms with E-state index in [2.05, 4.69) is 41.0 Å². The molecule has 6 rings (SSSR count).